The number of rotatable bonds is 2. The lowest BCUT2D eigenvalue weighted by Gasteiger charge is -2.07. The summed E-state index contributed by atoms with van der Waals surface area (Å²) in [5.74, 6) is 0.513. The second-order valence-corrected chi connectivity index (χ2v) is 4.81. The lowest BCUT2D eigenvalue weighted by molar-refractivity contribution is 0.838. The summed E-state index contributed by atoms with van der Waals surface area (Å²) in [6.45, 7) is 2.68. The zero-order valence-electron chi connectivity index (χ0n) is 11.2. The molecule has 0 unspecified atom stereocenters. The largest absolute Gasteiger partial charge is 0.369 e. The van der Waals surface area contributed by atoms with Gasteiger partial charge in [0.05, 0.1) is 29.2 Å². The number of fused-ring (bicyclic) bond motifs is 1. The van der Waals surface area contributed by atoms with Gasteiger partial charge in [0.25, 0.3) is 0 Å². The molecule has 4 nitrogen and oxygen atoms in total. The summed E-state index contributed by atoms with van der Waals surface area (Å²) in [6.07, 6.45) is 0. The fourth-order valence-corrected chi connectivity index (χ4v) is 2.34. The van der Waals surface area contributed by atoms with E-state index in [1.807, 2.05) is 54.0 Å². The van der Waals surface area contributed by atoms with Crippen LogP contribution in [0.5, 0.6) is 0 Å². The van der Waals surface area contributed by atoms with E-state index in [-0.39, 0.29) is 0 Å². The van der Waals surface area contributed by atoms with Crippen LogP contribution in [0.25, 0.3) is 11.0 Å². The Balaban J connectivity index is 2.04. The number of aromatic nitrogens is 2. The van der Waals surface area contributed by atoms with Gasteiger partial charge in [0.1, 0.15) is 0 Å². The Morgan fingerprint density at radius 2 is 1.95 bits per heavy atom. The van der Waals surface area contributed by atoms with Crippen molar-refractivity contribution < 1.29 is 0 Å². The van der Waals surface area contributed by atoms with Crippen molar-refractivity contribution in [2.45, 2.75) is 13.5 Å². The van der Waals surface area contributed by atoms with Crippen molar-refractivity contribution in [1.82, 2.24) is 9.55 Å². The van der Waals surface area contributed by atoms with E-state index in [1.165, 1.54) is 0 Å². The third-order valence-corrected chi connectivity index (χ3v) is 3.43. The number of nitrogen functional groups attached to an aromatic ring is 1. The fraction of sp³-hybridized carbons (Fsp3) is 0.125. The normalized spacial score (nSPS) is 10.6. The number of nitrogens with two attached hydrogens (primary N) is 1. The Morgan fingerprint density at radius 1 is 1.20 bits per heavy atom. The third-order valence-electron chi connectivity index (χ3n) is 3.43. The highest BCUT2D eigenvalue weighted by Crippen LogP contribution is 2.22. The molecule has 2 N–H and O–H groups in total. The SMILES string of the molecule is Cc1cccc2c1nc(N)n2Cc1ccc(C#N)cc1. The number of nitriles is 1. The van der Waals surface area contributed by atoms with Crippen LogP contribution in [0.1, 0.15) is 16.7 Å². The van der Waals surface area contributed by atoms with E-state index < -0.39 is 0 Å². The molecular formula is C16H14N4. The van der Waals surface area contributed by atoms with Gasteiger partial charge in [-0.15, -0.1) is 0 Å². The third kappa shape index (κ3) is 1.99. The number of anilines is 1. The molecule has 20 heavy (non-hydrogen) atoms. The summed E-state index contributed by atoms with van der Waals surface area (Å²) in [5, 5.41) is 8.82. The summed E-state index contributed by atoms with van der Waals surface area (Å²) in [6, 6.07) is 15.7. The van der Waals surface area contributed by atoms with Gasteiger partial charge in [-0.3, -0.25) is 0 Å². The predicted octanol–water partition coefficient (Wildman–Crippen LogP) is 2.85. The van der Waals surface area contributed by atoms with E-state index in [9.17, 15) is 0 Å². The van der Waals surface area contributed by atoms with Gasteiger partial charge in [-0.25, -0.2) is 4.98 Å². The molecule has 0 amide bonds. The van der Waals surface area contributed by atoms with E-state index in [2.05, 4.69) is 11.1 Å². The van der Waals surface area contributed by atoms with Gasteiger partial charge in [-0.05, 0) is 36.2 Å². The van der Waals surface area contributed by atoms with Crippen molar-refractivity contribution in [2.24, 2.45) is 0 Å². The maximum atomic E-state index is 8.82. The number of hydrogen-bond donors (Lipinski definition) is 1. The lowest BCUT2D eigenvalue weighted by atomic mass is 10.1. The number of hydrogen-bond acceptors (Lipinski definition) is 3. The number of imidazole rings is 1. The van der Waals surface area contributed by atoms with Crippen LogP contribution in [0.2, 0.25) is 0 Å². The number of nitrogens with zero attached hydrogens (tertiary/aromatic N) is 3. The highest BCUT2D eigenvalue weighted by atomic mass is 15.1. The lowest BCUT2D eigenvalue weighted by Crippen LogP contribution is -2.04. The number of para-hydroxylation sites is 1. The van der Waals surface area contributed by atoms with Gasteiger partial charge in [-0.1, -0.05) is 24.3 Å². The Bertz CT molecular complexity index is 807. The smallest absolute Gasteiger partial charge is 0.201 e. The number of benzene rings is 2. The first kappa shape index (κ1) is 12.2. The molecule has 0 bridgehead atoms. The van der Waals surface area contributed by atoms with Crippen LogP contribution in [-0.2, 0) is 6.54 Å². The van der Waals surface area contributed by atoms with E-state index in [0.29, 0.717) is 18.1 Å². The minimum absolute atomic E-state index is 0.513. The highest BCUT2D eigenvalue weighted by Gasteiger charge is 2.09. The molecule has 3 aromatic rings. The highest BCUT2D eigenvalue weighted by molar-refractivity contribution is 5.81. The van der Waals surface area contributed by atoms with Crippen molar-refractivity contribution >= 4 is 17.0 Å². The maximum absolute atomic E-state index is 8.82. The van der Waals surface area contributed by atoms with Crippen molar-refractivity contribution in [3.63, 3.8) is 0 Å². The average Bonchev–Trinajstić information content (AvgIpc) is 2.78. The summed E-state index contributed by atoms with van der Waals surface area (Å²) < 4.78 is 1.99. The van der Waals surface area contributed by atoms with Crippen molar-refractivity contribution in [3.05, 3.63) is 59.2 Å². The van der Waals surface area contributed by atoms with Gasteiger partial charge in [-0.2, -0.15) is 5.26 Å². The Kier molecular flexibility index (Phi) is 2.88. The molecule has 2 aromatic carbocycles. The standard InChI is InChI=1S/C16H14N4/c1-11-3-2-4-14-15(11)19-16(18)20(14)10-13-7-5-12(9-17)6-8-13/h2-8H,10H2,1H3,(H2,18,19). The van der Waals surface area contributed by atoms with E-state index in [1.54, 1.807) is 0 Å². The van der Waals surface area contributed by atoms with E-state index >= 15 is 0 Å². The second-order valence-electron chi connectivity index (χ2n) is 4.81. The van der Waals surface area contributed by atoms with Crippen LogP contribution in [0.4, 0.5) is 5.95 Å². The molecular weight excluding hydrogens is 248 g/mol. The van der Waals surface area contributed by atoms with Crippen LogP contribution >= 0.6 is 0 Å². The van der Waals surface area contributed by atoms with Gasteiger partial charge >= 0.3 is 0 Å². The van der Waals surface area contributed by atoms with Crippen LogP contribution in [0.15, 0.2) is 42.5 Å². The Hall–Kier alpha value is -2.80. The zero-order chi connectivity index (χ0) is 14.1. The molecule has 0 spiro atoms. The average molecular weight is 262 g/mol. The molecule has 1 heterocycles. The summed E-state index contributed by atoms with van der Waals surface area (Å²) in [4.78, 5) is 4.43. The first-order valence-corrected chi connectivity index (χ1v) is 6.39. The van der Waals surface area contributed by atoms with Gasteiger partial charge in [0.15, 0.2) is 0 Å². The molecule has 1 aromatic heterocycles. The molecule has 0 fully saturated rings. The van der Waals surface area contributed by atoms with Crippen molar-refractivity contribution in [2.75, 3.05) is 5.73 Å². The van der Waals surface area contributed by atoms with Crippen molar-refractivity contribution in [1.29, 1.82) is 5.26 Å². The van der Waals surface area contributed by atoms with Gasteiger partial charge < -0.3 is 10.3 Å². The first-order valence-electron chi connectivity index (χ1n) is 6.39. The summed E-state index contributed by atoms with van der Waals surface area (Å²) in [5.41, 5.74) is 10.9. The topological polar surface area (TPSA) is 67.6 Å². The van der Waals surface area contributed by atoms with Gasteiger partial charge in [0.2, 0.25) is 5.95 Å². The quantitative estimate of drug-likeness (QED) is 0.772. The van der Waals surface area contributed by atoms with Crippen LogP contribution in [0.3, 0.4) is 0 Å². The summed E-state index contributed by atoms with van der Waals surface area (Å²) >= 11 is 0. The van der Waals surface area contributed by atoms with Gasteiger partial charge in [0, 0.05) is 0 Å². The minimum Gasteiger partial charge on any atom is -0.369 e. The molecule has 0 aliphatic heterocycles. The van der Waals surface area contributed by atoms with E-state index in [0.717, 1.165) is 22.2 Å². The predicted molar refractivity (Wildman–Crippen MR) is 79.1 cm³/mol. The van der Waals surface area contributed by atoms with Crippen LogP contribution in [-0.4, -0.2) is 9.55 Å². The molecule has 3 rings (SSSR count). The minimum atomic E-state index is 0.513. The molecule has 4 heteroatoms. The monoisotopic (exact) mass is 262 g/mol. The maximum Gasteiger partial charge on any atom is 0.201 e. The molecule has 98 valence electrons. The number of aryl methyl sites for hydroxylation is 1. The second kappa shape index (κ2) is 4.71. The van der Waals surface area contributed by atoms with E-state index in [4.69, 9.17) is 11.0 Å². The molecule has 0 atom stereocenters. The molecule has 0 saturated heterocycles. The Morgan fingerprint density at radius 3 is 2.65 bits per heavy atom. The molecule has 0 radical (unpaired) electrons. The first-order chi connectivity index (χ1) is 9.69. The van der Waals surface area contributed by atoms with Crippen LogP contribution < -0.4 is 5.73 Å². The fourth-order valence-electron chi connectivity index (χ4n) is 2.34. The zero-order valence-corrected chi connectivity index (χ0v) is 11.2. The molecule has 0 aliphatic rings. The molecule has 0 aliphatic carbocycles. The molecule has 0 saturated carbocycles. The van der Waals surface area contributed by atoms with Crippen LogP contribution in [0, 0.1) is 18.3 Å². The summed E-state index contributed by atoms with van der Waals surface area (Å²) in [7, 11) is 0. The Labute approximate surface area is 117 Å². The van der Waals surface area contributed by atoms with Crippen molar-refractivity contribution in [3.8, 4) is 6.07 Å².